The summed E-state index contributed by atoms with van der Waals surface area (Å²) in [4.78, 5) is 23.8. The van der Waals surface area contributed by atoms with Gasteiger partial charge in [-0.1, -0.05) is 30.3 Å². The van der Waals surface area contributed by atoms with Crippen LogP contribution in [0.25, 0.3) is 0 Å². The van der Waals surface area contributed by atoms with Crippen LogP contribution in [-0.2, 0) is 17.9 Å². The van der Waals surface area contributed by atoms with Gasteiger partial charge >= 0.3 is 5.97 Å². The van der Waals surface area contributed by atoms with Crippen molar-refractivity contribution in [3.63, 3.8) is 0 Å². The lowest BCUT2D eigenvalue weighted by atomic mass is 10.1. The SMILES string of the molecule is CC(=O)Oc1cccc(CNC(=O)c2cc(OCc3cccc(F)c3)ccc2C)c1. The van der Waals surface area contributed by atoms with Crippen molar-refractivity contribution < 1.29 is 23.5 Å². The molecule has 1 N–H and O–H groups in total. The molecule has 0 spiro atoms. The Labute approximate surface area is 174 Å². The van der Waals surface area contributed by atoms with Crippen molar-refractivity contribution >= 4 is 11.9 Å². The highest BCUT2D eigenvalue weighted by atomic mass is 19.1. The molecule has 3 rings (SSSR count). The van der Waals surface area contributed by atoms with Gasteiger partial charge < -0.3 is 14.8 Å². The molecule has 0 saturated carbocycles. The molecular weight excluding hydrogens is 385 g/mol. The summed E-state index contributed by atoms with van der Waals surface area (Å²) in [6.45, 7) is 3.65. The zero-order valence-electron chi connectivity index (χ0n) is 16.8. The number of ether oxygens (including phenoxy) is 2. The minimum Gasteiger partial charge on any atom is -0.489 e. The summed E-state index contributed by atoms with van der Waals surface area (Å²) < 4.78 is 24.1. The second-order valence-corrected chi connectivity index (χ2v) is 6.82. The summed E-state index contributed by atoms with van der Waals surface area (Å²) in [7, 11) is 0. The number of halogens is 1. The van der Waals surface area contributed by atoms with Crippen LogP contribution < -0.4 is 14.8 Å². The van der Waals surface area contributed by atoms with Crippen molar-refractivity contribution in [1.29, 1.82) is 0 Å². The highest BCUT2D eigenvalue weighted by Crippen LogP contribution is 2.20. The number of hydrogen-bond donors (Lipinski definition) is 1. The summed E-state index contributed by atoms with van der Waals surface area (Å²) in [5.74, 6) is -0.0219. The summed E-state index contributed by atoms with van der Waals surface area (Å²) >= 11 is 0. The molecule has 0 bridgehead atoms. The lowest BCUT2D eigenvalue weighted by Crippen LogP contribution is -2.23. The van der Waals surface area contributed by atoms with E-state index in [4.69, 9.17) is 9.47 Å². The van der Waals surface area contributed by atoms with Crippen LogP contribution in [0.1, 0.15) is 34.0 Å². The van der Waals surface area contributed by atoms with E-state index in [1.54, 1.807) is 48.5 Å². The Kier molecular flexibility index (Phi) is 6.80. The van der Waals surface area contributed by atoms with Crippen molar-refractivity contribution in [3.8, 4) is 11.5 Å². The smallest absolute Gasteiger partial charge is 0.308 e. The Morgan fingerprint density at radius 3 is 2.47 bits per heavy atom. The van der Waals surface area contributed by atoms with Crippen LogP contribution >= 0.6 is 0 Å². The van der Waals surface area contributed by atoms with Gasteiger partial charge in [0.15, 0.2) is 0 Å². The third kappa shape index (κ3) is 5.91. The van der Waals surface area contributed by atoms with Crippen molar-refractivity contribution in [2.75, 3.05) is 0 Å². The van der Waals surface area contributed by atoms with E-state index in [1.165, 1.54) is 19.1 Å². The minimum absolute atomic E-state index is 0.199. The average molecular weight is 407 g/mol. The van der Waals surface area contributed by atoms with Crippen LogP contribution in [0, 0.1) is 12.7 Å². The van der Waals surface area contributed by atoms with Gasteiger partial charge in [0.1, 0.15) is 23.9 Å². The largest absolute Gasteiger partial charge is 0.489 e. The number of nitrogens with one attached hydrogen (secondary N) is 1. The van der Waals surface area contributed by atoms with Crippen molar-refractivity contribution in [2.45, 2.75) is 27.0 Å². The van der Waals surface area contributed by atoms with Gasteiger partial charge in [-0.25, -0.2) is 4.39 Å². The molecule has 3 aromatic rings. The summed E-state index contributed by atoms with van der Waals surface area (Å²) in [6.07, 6.45) is 0. The number of carbonyl (C=O) groups is 2. The zero-order chi connectivity index (χ0) is 21.5. The second kappa shape index (κ2) is 9.69. The molecule has 0 aliphatic carbocycles. The maximum absolute atomic E-state index is 13.3. The van der Waals surface area contributed by atoms with Gasteiger partial charge in [-0.05, 0) is 60.0 Å². The molecule has 3 aromatic carbocycles. The Hall–Kier alpha value is -3.67. The van der Waals surface area contributed by atoms with Crippen molar-refractivity contribution in [1.82, 2.24) is 5.32 Å². The van der Waals surface area contributed by atoms with Gasteiger partial charge in [0.05, 0.1) is 0 Å². The first kappa shape index (κ1) is 21.0. The molecule has 0 aromatic heterocycles. The molecule has 6 heteroatoms. The molecule has 30 heavy (non-hydrogen) atoms. The Balaban J connectivity index is 1.64. The van der Waals surface area contributed by atoms with Gasteiger partial charge in [0.2, 0.25) is 0 Å². The van der Waals surface area contributed by atoms with Gasteiger partial charge in [-0.3, -0.25) is 9.59 Å². The predicted molar refractivity (Wildman–Crippen MR) is 111 cm³/mol. The van der Waals surface area contributed by atoms with E-state index < -0.39 is 5.97 Å². The quantitative estimate of drug-likeness (QED) is 0.460. The second-order valence-electron chi connectivity index (χ2n) is 6.82. The van der Waals surface area contributed by atoms with E-state index in [9.17, 15) is 14.0 Å². The van der Waals surface area contributed by atoms with E-state index >= 15 is 0 Å². The van der Waals surface area contributed by atoms with Crippen LogP contribution in [0.2, 0.25) is 0 Å². The first-order chi connectivity index (χ1) is 14.4. The molecule has 0 radical (unpaired) electrons. The molecule has 0 saturated heterocycles. The monoisotopic (exact) mass is 407 g/mol. The fourth-order valence-electron chi connectivity index (χ4n) is 2.89. The maximum atomic E-state index is 13.3. The van der Waals surface area contributed by atoms with E-state index in [-0.39, 0.29) is 24.9 Å². The molecular formula is C24H22FNO4. The summed E-state index contributed by atoms with van der Waals surface area (Å²) in [5.41, 5.74) is 2.80. The highest BCUT2D eigenvalue weighted by Gasteiger charge is 2.11. The number of esters is 1. The van der Waals surface area contributed by atoms with Crippen LogP contribution in [0.4, 0.5) is 4.39 Å². The number of carbonyl (C=O) groups excluding carboxylic acids is 2. The summed E-state index contributed by atoms with van der Waals surface area (Å²) in [5, 5.41) is 2.86. The molecule has 0 unspecified atom stereocenters. The first-order valence-electron chi connectivity index (χ1n) is 9.44. The Morgan fingerprint density at radius 1 is 0.933 bits per heavy atom. The first-order valence-corrected chi connectivity index (χ1v) is 9.44. The predicted octanol–water partition coefficient (Wildman–Crippen LogP) is 4.57. The van der Waals surface area contributed by atoms with Gasteiger partial charge in [-0.15, -0.1) is 0 Å². The fraction of sp³-hybridized carbons (Fsp3) is 0.167. The van der Waals surface area contributed by atoms with Gasteiger partial charge in [0, 0.05) is 19.0 Å². The average Bonchev–Trinajstić information content (AvgIpc) is 2.71. The number of benzene rings is 3. The molecule has 0 heterocycles. The van der Waals surface area contributed by atoms with Crippen molar-refractivity contribution in [2.24, 2.45) is 0 Å². The Bertz CT molecular complexity index is 1060. The minimum atomic E-state index is -0.401. The molecule has 1 amide bonds. The number of amides is 1. The van der Waals surface area contributed by atoms with E-state index in [0.717, 1.165) is 11.1 Å². The molecule has 0 fully saturated rings. The highest BCUT2D eigenvalue weighted by molar-refractivity contribution is 5.96. The van der Waals surface area contributed by atoms with E-state index in [1.807, 2.05) is 13.0 Å². The van der Waals surface area contributed by atoms with Crippen LogP contribution in [0.5, 0.6) is 11.5 Å². The fourth-order valence-corrected chi connectivity index (χ4v) is 2.89. The third-order valence-electron chi connectivity index (χ3n) is 4.36. The number of rotatable bonds is 7. The lowest BCUT2D eigenvalue weighted by Gasteiger charge is -2.12. The molecule has 154 valence electrons. The number of hydrogen-bond acceptors (Lipinski definition) is 4. The van der Waals surface area contributed by atoms with Gasteiger partial charge in [0.25, 0.3) is 5.91 Å². The molecule has 0 aliphatic rings. The normalized spacial score (nSPS) is 10.4. The van der Waals surface area contributed by atoms with E-state index in [0.29, 0.717) is 22.6 Å². The lowest BCUT2D eigenvalue weighted by molar-refractivity contribution is -0.131. The zero-order valence-corrected chi connectivity index (χ0v) is 16.8. The van der Waals surface area contributed by atoms with Crippen LogP contribution in [0.15, 0.2) is 66.7 Å². The van der Waals surface area contributed by atoms with Crippen LogP contribution in [-0.4, -0.2) is 11.9 Å². The summed E-state index contributed by atoms with van der Waals surface area (Å²) in [6, 6.07) is 18.4. The van der Waals surface area contributed by atoms with E-state index in [2.05, 4.69) is 5.32 Å². The maximum Gasteiger partial charge on any atom is 0.308 e. The number of aryl methyl sites for hydroxylation is 1. The topological polar surface area (TPSA) is 64.6 Å². The standard InChI is InChI=1S/C24H22FNO4/c1-16-9-10-21(29-15-19-6-3-7-20(25)11-19)13-23(16)24(28)26-14-18-5-4-8-22(12-18)30-17(2)27/h3-13H,14-15H2,1-2H3,(H,26,28). The van der Waals surface area contributed by atoms with Gasteiger partial charge in [-0.2, -0.15) is 0 Å². The Morgan fingerprint density at radius 2 is 1.70 bits per heavy atom. The third-order valence-corrected chi connectivity index (χ3v) is 4.36. The molecule has 0 atom stereocenters. The van der Waals surface area contributed by atoms with Crippen molar-refractivity contribution in [3.05, 3.63) is 94.8 Å². The van der Waals surface area contributed by atoms with Crippen LogP contribution in [0.3, 0.4) is 0 Å². The molecule has 0 aliphatic heterocycles. The molecule has 5 nitrogen and oxygen atoms in total.